The number of nitrogens with zero attached hydrogens (tertiary/aromatic N) is 3. The van der Waals surface area contributed by atoms with Gasteiger partial charge in [0.25, 0.3) is 0 Å². The van der Waals surface area contributed by atoms with E-state index in [2.05, 4.69) is 61.8 Å². The van der Waals surface area contributed by atoms with Gasteiger partial charge in [0.05, 0.1) is 5.69 Å². The van der Waals surface area contributed by atoms with Crippen LogP contribution in [0.15, 0.2) is 37.7 Å². The minimum atomic E-state index is 0.408. The Bertz CT molecular complexity index is 468. The number of hydrogen-bond acceptors (Lipinski definition) is 3. The van der Waals surface area contributed by atoms with Crippen LogP contribution in [0.5, 0.6) is 0 Å². The molecule has 0 spiro atoms. The van der Waals surface area contributed by atoms with Crippen LogP contribution in [0.1, 0.15) is 30.2 Å². The highest BCUT2D eigenvalue weighted by molar-refractivity contribution is 5.23. The second kappa shape index (κ2) is 8.63. The molecule has 0 amide bonds. The van der Waals surface area contributed by atoms with Gasteiger partial charge in [0.1, 0.15) is 0 Å². The van der Waals surface area contributed by atoms with Gasteiger partial charge in [-0.15, -0.1) is 6.58 Å². The average molecular weight is 287 g/mol. The fourth-order valence-corrected chi connectivity index (χ4v) is 2.44. The maximum atomic E-state index is 4.59. The Morgan fingerprint density at radius 1 is 1.33 bits per heavy atom. The van der Waals surface area contributed by atoms with Gasteiger partial charge in [0.15, 0.2) is 0 Å². The number of aromatic nitrogens is 1. The summed E-state index contributed by atoms with van der Waals surface area (Å²) in [6.07, 6.45) is 6.78. The van der Waals surface area contributed by atoms with Gasteiger partial charge in [-0.05, 0) is 44.1 Å². The smallest absolute Gasteiger partial charge is 0.0573 e. The largest absolute Gasteiger partial charge is 0.376 e. The molecule has 1 aromatic heterocycles. The van der Waals surface area contributed by atoms with Crippen molar-refractivity contribution in [2.24, 2.45) is 0 Å². The first-order valence-electron chi connectivity index (χ1n) is 7.61. The molecule has 3 heteroatoms. The van der Waals surface area contributed by atoms with Crippen molar-refractivity contribution in [1.82, 2.24) is 14.8 Å². The molecular weight excluding hydrogens is 258 g/mol. The third kappa shape index (κ3) is 5.35. The van der Waals surface area contributed by atoms with Gasteiger partial charge >= 0.3 is 0 Å². The lowest BCUT2D eigenvalue weighted by Gasteiger charge is -2.31. The zero-order valence-corrected chi connectivity index (χ0v) is 14.0. The summed E-state index contributed by atoms with van der Waals surface area (Å²) >= 11 is 0. The van der Waals surface area contributed by atoms with Crippen LogP contribution >= 0.6 is 0 Å². The Hall–Kier alpha value is -1.61. The molecule has 1 unspecified atom stereocenters. The highest BCUT2D eigenvalue weighted by atomic mass is 15.2. The predicted molar refractivity (Wildman–Crippen MR) is 91.2 cm³/mol. The third-order valence-corrected chi connectivity index (χ3v) is 3.92. The first kappa shape index (κ1) is 17.4. The minimum Gasteiger partial charge on any atom is -0.376 e. The van der Waals surface area contributed by atoms with Crippen molar-refractivity contribution < 1.29 is 0 Å². The highest BCUT2D eigenvalue weighted by Crippen LogP contribution is 2.12. The van der Waals surface area contributed by atoms with Crippen LogP contribution in [0, 0.1) is 13.8 Å². The Morgan fingerprint density at radius 2 is 2.05 bits per heavy atom. The van der Waals surface area contributed by atoms with E-state index in [-0.39, 0.29) is 0 Å². The van der Waals surface area contributed by atoms with E-state index in [4.69, 9.17) is 0 Å². The molecule has 0 fully saturated rings. The molecule has 0 aromatic carbocycles. The summed E-state index contributed by atoms with van der Waals surface area (Å²) in [5.74, 6) is 0. The first-order chi connectivity index (χ1) is 10.0. The molecule has 1 rings (SSSR count). The van der Waals surface area contributed by atoms with Crippen molar-refractivity contribution >= 4 is 0 Å². The molecule has 1 atom stereocenters. The zero-order valence-electron chi connectivity index (χ0n) is 14.0. The van der Waals surface area contributed by atoms with E-state index in [0.29, 0.717) is 6.04 Å². The lowest BCUT2D eigenvalue weighted by Crippen LogP contribution is -2.39. The minimum absolute atomic E-state index is 0.408. The van der Waals surface area contributed by atoms with Crippen molar-refractivity contribution in [3.8, 4) is 0 Å². The summed E-state index contributed by atoms with van der Waals surface area (Å²) in [7, 11) is 2.07. The number of hydrogen-bond donors (Lipinski definition) is 0. The van der Waals surface area contributed by atoms with E-state index in [1.54, 1.807) is 0 Å². The number of likely N-dealkylation sites (N-methyl/N-ethyl adjacent to an activating group) is 2. The standard InChI is InChI=1S/C18H29N3/c1-7-10-17(20(6)8-2)13-21(9-3)14-18-16(5)11-15(4)12-19-18/h7-8,11-12,17H,1-2,9-10,13-14H2,3-6H3. The Kier molecular flexibility index (Phi) is 7.17. The topological polar surface area (TPSA) is 19.4 Å². The van der Waals surface area contributed by atoms with E-state index >= 15 is 0 Å². The second-order valence-electron chi connectivity index (χ2n) is 5.63. The van der Waals surface area contributed by atoms with Crippen molar-refractivity contribution in [2.45, 2.75) is 39.8 Å². The molecular formula is C18H29N3. The SMILES string of the molecule is C=CCC(CN(CC)Cc1ncc(C)cc1C)N(C)C=C. The number of rotatable bonds is 9. The summed E-state index contributed by atoms with van der Waals surface area (Å²) in [6, 6.07) is 2.61. The highest BCUT2D eigenvalue weighted by Gasteiger charge is 2.15. The van der Waals surface area contributed by atoms with E-state index in [9.17, 15) is 0 Å². The maximum Gasteiger partial charge on any atom is 0.0573 e. The fourth-order valence-electron chi connectivity index (χ4n) is 2.44. The first-order valence-corrected chi connectivity index (χ1v) is 7.61. The van der Waals surface area contributed by atoms with Gasteiger partial charge in [0.2, 0.25) is 0 Å². The second-order valence-corrected chi connectivity index (χ2v) is 5.63. The molecule has 0 aliphatic heterocycles. The molecule has 0 bridgehead atoms. The molecule has 0 N–H and O–H groups in total. The molecule has 1 aromatic rings. The Balaban J connectivity index is 2.77. The fraction of sp³-hybridized carbons (Fsp3) is 0.500. The Morgan fingerprint density at radius 3 is 2.57 bits per heavy atom. The third-order valence-electron chi connectivity index (χ3n) is 3.92. The van der Waals surface area contributed by atoms with Crippen LogP contribution in [-0.4, -0.2) is 41.0 Å². The quantitative estimate of drug-likeness (QED) is 0.648. The molecule has 0 saturated carbocycles. The van der Waals surface area contributed by atoms with Gasteiger partial charge in [-0.3, -0.25) is 9.88 Å². The van der Waals surface area contributed by atoms with Crippen LogP contribution in [0.25, 0.3) is 0 Å². The monoisotopic (exact) mass is 287 g/mol. The number of pyridine rings is 1. The van der Waals surface area contributed by atoms with Crippen LogP contribution in [0.4, 0.5) is 0 Å². The van der Waals surface area contributed by atoms with E-state index in [1.807, 2.05) is 18.5 Å². The van der Waals surface area contributed by atoms with Gasteiger partial charge in [-0.2, -0.15) is 0 Å². The van der Waals surface area contributed by atoms with E-state index in [1.165, 1.54) is 16.8 Å². The maximum absolute atomic E-state index is 4.59. The molecule has 21 heavy (non-hydrogen) atoms. The zero-order chi connectivity index (χ0) is 15.8. The van der Waals surface area contributed by atoms with E-state index < -0.39 is 0 Å². The van der Waals surface area contributed by atoms with Crippen LogP contribution in [0.2, 0.25) is 0 Å². The van der Waals surface area contributed by atoms with Crippen molar-refractivity contribution in [3.05, 3.63) is 54.5 Å². The van der Waals surface area contributed by atoms with E-state index in [0.717, 1.165) is 26.1 Å². The Labute approximate surface area is 130 Å². The lowest BCUT2D eigenvalue weighted by molar-refractivity contribution is 0.195. The molecule has 116 valence electrons. The van der Waals surface area contributed by atoms with Gasteiger partial charge in [-0.25, -0.2) is 0 Å². The van der Waals surface area contributed by atoms with Crippen molar-refractivity contribution in [1.29, 1.82) is 0 Å². The summed E-state index contributed by atoms with van der Waals surface area (Å²) in [4.78, 5) is 9.18. The summed E-state index contributed by atoms with van der Waals surface area (Å²) < 4.78 is 0. The van der Waals surface area contributed by atoms with Gasteiger partial charge < -0.3 is 4.90 Å². The molecule has 0 saturated heterocycles. The van der Waals surface area contributed by atoms with Crippen LogP contribution in [-0.2, 0) is 6.54 Å². The lowest BCUT2D eigenvalue weighted by atomic mass is 10.1. The summed E-state index contributed by atoms with van der Waals surface area (Å²) in [6.45, 7) is 17.0. The van der Waals surface area contributed by atoms with Crippen LogP contribution in [0.3, 0.4) is 0 Å². The van der Waals surface area contributed by atoms with Gasteiger partial charge in [-0.1, -0.05) is 25.6 Å². The van der Waals surface area contributed by atoms with Crippen molar-refractivity contribution in [2.75, 3.05) is 20.1 Å². The average Bonchev–Trinajstić information content (AvgIpc) is 2.47. The van der Waals surface area contributed by atoms with Crippen LogP contribution < -0.4 is 0 Å². The molecule has 0 aliphatic rings. The molecule has 0 radical (unpaired) electrons. The summed E-state index contributed by atoms with van der Waals surface area (Å²) in [5, 5.41) is 0. The van der Waals surface area contributed by atoms with Gasteiger partial charge in [0, 0.05) is 32.4 Å². The molecule has 1 heterocycles. The van der Waals surface area contributed by atoms with Crippen molar-refractivity contribution in [3.63, 3.8) is 0 Å². The number of aryl methyl sites for hydroxylation is 2. The molecule has 0 aliphatic carbocycles. The predicted octanol–water partition coefficient (Wildman–Crippen LogP) is 3.54. The summed E-state index contributed by atoms with van der Waals surface area (Å²) in [5.41, 5.74) is 3.65. The normalized spacial score (nSPS) is 12.2. The molecule has 3 nitrogen and oxygen atoms in total.